The van der Waals surface area contributed by atoms with Crippen molar-refractivity contribution in [2.45, 2.75) is 38.1 Å². The number of amides is 1. The van der Waals surface area contributed by atoms with Crippen LogP contribution in [-0.2, 0) is 14.9 Å². The minimum absolute atomic E-state index is 0.0560. The molecule has 2 aromatic rings. The molecular formula is C19H21BrFN3O3S. The van der Waals surface area contributed by atoms with Gasteiger partial charge in [0, 0.05) is 9.89 Å². The number of benzene rings is 1. The second kappa shape index (κ2) is 9.00. The topological polar surface area (TPSA) is 81.2 Å². The number of methoxy groups -OCH3 is 1. The van der Waals surface area contributed by atoms with E-state index in [0.717, 1.165) is 11.8 Å². The van der Waals surface area contributed by atoms with Crippen LogP contribution in [0, 0.1) is 12.7 Å². The number of carbonyl (C=O) groups excluding carboxylic acids is 2. The van der Waals surface area contributed by atoms with E-state index in [9.17, 15) is 14.0 Å². The van der Waals surface area contributed by atoms with Gasteiger partial charge in [-0.2, -0.15) is 0 Å². The lowest BCUT2D eigenvalue weighted by Crippen LogP contribution is -2.21. The van der Waals surface area contributed by atoms with E-state index >= 15 is 0 Å². The quantitative estimate of drug-likeness (QED) is 0.394. The molecule has 6 nitrogen and oxygen atoms in total. The number of nitrogens with one attached hydrogen (secondary N) is 1. The van der Waals surface area contributed by atoms with Crippen molar-refractivity contribution < 1.29 is 18.7 Å². The van der Waals surface area contributed by atoms with Crippen LogP contribution in [0.15, 0.2) is 27.7 Å². The van der Waals surface area contributed by atoms with Gasteiger partial charge in [-0.05, 0) is 25.1 Å². The van der Waals surface area contributed by atoms with Gasteiger partial charge < -0.3 is 10.1 Å². The highest BCUT2D eigenvalue weighted by Crippen LogP contribution is 2.28. The van der Waals surface area contributed by atoms with Crippen molar-refractivity contribution in [3.05, 3.63) is 45.6 Å². The molecule has 0 fully saturated rings. The Kier molecular flexibility index (Phi) is 7.16. The molecule has 0 aliphatic carbocycles. The van der Waals surface area contributed by atoms with Gasteiger partial charge in [0.25, 0.3) is 0 Å². The Hall–Kier alpha value is -2.00. The fourth-order valence-electron chi connectivity index (χ4n) is 2.23. The molecule has 0 unspecified atom stereocenters. The number of aromatic nitrogens is 2. The van der Waals surface area contributed by atoms with Crippen LogP contribution in [0.4, 0.5) is 10.1 Å². The number of aryl methyl sites for hydroxylation is 1. The first-order chi connectivity index (χ1) is 13.0. The minimum atomic E-state index is -0.570. The van der Waals surface area contributed by atoms with Crippen molar-refractivity contribution in [1.82, 2.24) is 9.97 Å². The van der Waals surface area contributed by atoms with Crippen LogP contribution in [0.3, 0.4) is 0 Å². The Balaban J connectivity index is 2.24. The Bertz CT molecular complexity index is 916. The van der Waals surface area contributed by atoms with E-state index in [1.165, 1.54) is 19.2 Å². The molecule has 0 aliphatic heterocycles. The molecule has 1 aromatic carbocycles. The molecule has 2 rings (SSSR count). The largest absolute Gasteiger partial charge is 0.465 e. The second-order valence-corrected chi connectivity index (χ2v) is 8.90. The second-order valence-electron chi connectivity index (χ2n) is 7.02. The fourth-order valence-corrected chi connectivity index (χ4v) is 3.43. The zero-order valence-electron chi connectivity index (χ0n) is 16.2. The third-order valence-electron chi connectivity index (χ3n) is 3.66. The maximum atomic E-state index is 13.9. The number of anilines is 1. The molecule has 0 atom stereocenters. The molecule has 0 radical (unpaired) electrons. The summed E-state index contributed by atoms with van der Waals surface area (Å²) in [5.74, 6) is -1.04. The molecule has 0 aliphatic rings. The normalized spacial score (nSPS) is 11.2. The molecule has 0 bridgehead atoms. The monoisotopic (exact) mass is 469 g/mol. The summed E-state index contributed by atoms with van der Waals surface area (Å²) in [6.45, 7) is 7.57. The van der Waals surface area contributed by atoms with Crippen molar-refractivity contribution in [3.63, 3.8) is 0 Å². The van der Waals surface area contributed by atoms with Crippen molar-refractivity contribution >= 4 is 45.3 Å². The molecule has 150 valence electrons. The summed E-state index contributed by atoms with van der Waals surface area (Å²) >= 11 is 4.24. The van der Waals surface area contributed by atoms with Crippen LogP contribution in [0.2, 0.25) is 0 Å². The van der Waals surface area contributed by atoms with Gasteiger partial charge in [0.05, 0.1) is 24.2 Å². The fraction of sp³-hybridized carbons (Fsp3) is 0.368. The van der Waals surface area contributed by atoms with Crippen molar-refractivity contribution in [1.29, 1.82) is 0 Å². The summed E-state index contributed by atoms with van der Waals surface area (Å²) in [6.07, 6.45) is 0. The smallest absolute Gasteiger partial charge is 0.342 e. The first kappa shape index (κ1) is 22.3. The SMILES string of the molecule is COC(=O)c1c(C)nc(C(C)(C)C)nc1SCC(=O)Nc1ccc(Br)cc1F. The molecule has 0 saturated heterocycles. The lowest BCUT2D eigenvalue weighted by molar-refractivity contribution is -0.113. The van der Waals surface area contributed by atoms with Crippen LogP contribution >= 0.6 is 27.7 Å². The van der Waals surface area contributed by atoms with E-state index in [1.807, 2.05) is 20.8 Å². The van der Waals surface area contributed by atoms with Gasteiger partial charge in [0.2, 0.25) is 5.91 Å². The van der Waals surface area contributed by atoms with Crippen LogP contribution < -0.4 is 5.32 Å². The van der Waals surface area contributed by atoms with Gasteiger partial charge in [-0.15, -0.1) is 0 Å². The first-order valence-corrected chi connectivity index (χ1v) is 10.2. The highest BCUT2D eigenvalue weighted by molar-refractivity contribution is 9.10. The van der Waals surface area contributed by atoms with Crippen LogP contribution in [-0.4, -0.2) is 34.7 Å². The molecule has 1 heterocycles. The molecule has 0 spiro atoms. The van der Waals surface area contributed by atoms with E-state index in [0.29, 0.717) is 21.0 Å². The van der Waals surface area contributed by atoms with E-state index < -0.39 is 17.7 Å². The zero-order valence-corrected chi connectivity index (χ0v) is 18.6. The maximum absolute atomic E-state index is 13.9. The number of ether oxygens (including phenoxy) is 1. The number of halogens is 2. The van der Waals surface area contributed by atoms with Gasteiger partial charge in [-0.3, -0.25) is 4.79 Å². The Morgan fingerprint density at radius 3 is 2.54 bits per heavy atom. The average Bonchev–Trinajstić information content (AvgIpc) is 2.60. The molecule has 1 N–H and O–H groups in total. The standard InChI is InChI=1S/C19H21BrFN3O3S/c1-10-15(17(26)27-5)16(24-18(22-10)19(2,3)4)28-9-14(25)23-13-7-6-11(20)8-12(13)21/h6-8H,9H2,1-5H3,(H,23,25). The third-order valence-corrected chi connectivity index (χ3v) is 5.13. The molecule has 1 aromatic heterocycles. The zero-order chi connectivity index (χ0) is 21.1. The summed E-state index contributed by atoms with van der Waals surface area (Å²) in [7, 11) is 1.27. The van der Waals surface area contributed by atoms with E-state index in [4.69, 9.17) is 4.74 Å². The average molecular weight is 470 g/mol. The predicted octanol–water partition coefficient (Wildman–Crippen LogP) is 4.50. The van der Waals surface area contributed by atoms with E-state index in [2.05, 4.69) is 31.2 Å². The number of hydrogen-bond donors (Lipinski definition) is 1. The summed E-state index contributed by atoms with van der Waals surface area (Å²) < 4.78 is 19.3. The van der Waals surface area contributed by atoms with Crippen molar-refractivity contribution in [2.75, 3.05) is 18.2 Å². The molecule has 0 saturated carbocycles. The maximum Gasteiger partial charge on any atom is 0.342 e. The number of thioether (sulfide) groups is 1. The lowest BCUT2D eigenvalue weighted by Gasteiger charge is -2.19. The molecular weight excluding hydrogens is 449 g/mol. The number of rotatable bonds is 5. The summed E-state index contributed by atoms with van der Waals surface area (Å²) in [6, 6.07) is 4.36. The molecule has 28 heavy (non-hydrogen) atoms. The Labute approximate surface area is 175 Å². The van der Waals surface area contributed by atoms with Crippen LogP contribution in [0.5, 0.6) is 0 Å². The molecule has 9 heteroatoms. The van der Waals surface area contributed by atoms with E-state index in [1.54, 1.807) is 13.0 Å². The molecule has 1 amide bonds. The number of carbonyl (C=O) groups is 2. The van der Waals surface area contributed by atoms with Gasteiger partial charge in [-0.25, -0.2) is 19.2 Å². The van der Waals surface area contributed by atoms with Gasteiger partial charge in [0.1, 0.15) is 22.2 Å². The van der Waals surface area contributed by atoms with Gasteiger partial charge >= 0.3 is 5.97 Å². The number of nitrogens with zero attached hydrogens (tertiary/aromatic N) is 2. The summed E-state index contributed by atoms with van der Waals surface area (Å²) in [4.78, 5) is 33.3. The lowest BCUT2D eigenvalue weighted by atomic mass is 9.95. The Morgan fingerprint density at radius 2 is 1.96 bits per heavy atom. The van der Waals surface area contributed by atoms with Gasteiger partial charge in [0.15, 0.2) is 0 Å². The minimum Gasteiger partial charge on any atom is -0.465 e. The highest BCUT2D eigenvalue weighted by Gasteiger charge is 2.25. The van der Waals surface area contributed by atoms with Gasteiger partial charge in [-0.1, -0.05) is 48.5 Å². The van der Waals surface area contributed by atoms with Crippen molar-refractivity contribution in [2.24, 2.45) is 0 Å². The highest BCUT2D eigenvalue weighted by atomic mass is 79.9. The third kappa shape index (κ3) is 5.51. The number of hydrogen-bond acceptors (Lipinski definition) is 6. The predicted molar refractivity (Wildman–Crippen MR) is 110 cm³/mol. The number of esters is 1. The first-order valence-electron chi connectivity index (χ1n) is 8.38. The Morgan fingerprint density at radius 1 is 1.29 bits per heavy atom. The van der Waals surface area contributed by atoms with E-state index in [-0.39, 0.29) is 22.4 Å². The summed E-state index contributed by atoms with van der Waals surface area (Å²) in [5, 5.41) is 2.87. The van der Waals surface area contributed by atoms with Crippen molar-refractivity contribution in [3.8, 4) is 0 Å². The summed E-state index contributed by atoms with van der Waals surface area (Å²) in [5.41, 5.74) is 0.449. The van der Waals surface area contributed by atoms with Crippen LogP contribution in [0.25, 0.3) is 0 Å². The van der Waals surface area contributed by atoms with Crippen LogP contribution in [0.1, 0.15) is 42.6 Å².